The standard InChI is InChI=1S/C13H25NO4S/c1-5-13(2,3)18-11(15)7-8-14-12(16)17-9-6-10-19-4/h5-10H2,1-4H3,(H,14,16). The van der Waals surface area contributed by atoms with Gasteiger partial charge >= 0.3 is 12.1 Å². The number of carbonyl (C=O) groups is 2. The van der Waals surface area contributed by atoms with Crippen LogP contribution in [-0.4, -0.2) is 42.8 Å². The second-order valence-electron chi connectivity index (χ2n) is 4.75. The lowest BCUT2D eigenvalue weighted by atomic mass is 10.1. The van der Waals surface area contributed by atoms with E-state index in [1.807, 2.05) is 27.0 Å². The molecule has 112 valence electrons. The molecule has 1 N–H and O–H groups in total. The number of esters is 1. The molecule has 0 aliphatic carbocycles. The first-order valence-corrected chi connectivity index (χ1v) is 7.92. The zero-order valence-electron chi connectivity index (χ0n) is 12.3. The predicted octanol–water partition coefficient (Wildman–Crippen LogP) is 2.59. The second-order valence-corrected chi connectivity index (χ2v) is 5.73. The molecule has 0 rings (SSSR count). The molecule has 6 heteroatoms. The summed E-state index contributed by atoms with van der Waals surface area (Å²) in [7, 11) is 0. The summed E-state index contributed by atoms with van der Waals surface area (Å²) >= 11 is 1.71. The average Bonchev–Trinajstić information content (AvgIpc) is 2.34. The van der Waals surface area contributed by atoms with Gasteiger partial charge in [0.2, 0.25) is 0 Å². The number of ether oxygens (including phenoxy) is 2. The van der Waals surface area contributed by atoms with E-state index in [1.165, 1.54) is 0 Å². The van der Waals surface area contributed by atoms with Gasteiger partial charge in [0, 0.05) is 6.54 Å². The third kappa shape index (κ3) is 10.7. The number of alkyl carbamates (subject to hydrolysis) is 1. The van der Waals surface area contributed by atoms with Crippen molar-refractivity contribution >= 4 is 23.8 Å². The van der Waals surface area contributed by atoms with E-state index in [2.05, 4.69) is 5.32 Å². The topological polar surface area (TPSA) is 64.6 Å². The summed E-state index contributed by atoms with van der Waals surface area (Å²) in [6.45, 7) is 6.31. The number of carbonyl (C=O) groups excluding carboxylic acids is 2. The fraction of sp³-hybridized carbons (Fsp3) is 0.846. The van der Waals surface area contributed by atoms with Crippen molar-refractivity contribution < 1.29 is 19.1 Å². The van der Waals surface area contributed by atoms with Crippen molar-refractivity contribution in [2.75, 3.05) is 25.2 Å². The lowest BCUT2D eigenvalue weighted by molar-refractivity contribution is -0.156. The van der Waals surface area contributed by atoms with Crippen LogP contribution >= 0.6 is 11.8 Å². The Morgan fingerprint density at radius 1 is 1.32 bits per heavy atom. The van der Waals surface area contributed by atoms with E-state index in [0.29, 0.717) is 6.61 Å². The van der Waals surface area contributed by atoms with Gasteiger partial charge in [-0.15, -0.1) is 0 Å². The van der Waals surface area contributed by atoms with Crippen molar-refractivity contribution in [1.29, 1.82) is 0 Å². The summed E-state index contributed by atoms with van der Waals surface area (Å²) in [5.74, 6) is 0.653. The van der Waals surface area contributed by atoms with Gasteiger partial charge in [0.05, 0.1) is 13.0 Å². The number of rotatable bonds is 9. The quantitative estimate of drug-likeness (QED) is 0.522. The SMILES string of the molecule is CCC(C)(C)OC(=O)CCNC(=O)OCCCSC. The molecular weight excluding hydrogens is 266 g/mol. The van der Waals surface area contributed by atoms with Gasteiger partial charge in [-0.05, 0) is 38.7 Å². The zero-order valence-corrected chi connectivity index (χ0v) is 13.1. The molecule has 0 atom stereocenters. The number of hydrogen-bond donors (Lipinski definition) is 1. The summed E-state index contributed by atoms with van der Waals surface area (Å²) in [6.07, 6.45) is 3.27. The zero-order chi connectivity index (χ0) is 14.7. The van der Waals surface area contributed by atoms with Crippen molar-refractivity contribution in [3.05, 3.63) is 0 Å². The van der Waals surface area contributed by atoms with Gasteiger partial charge in [-0.3, -0.25) is 4.79 Å². The number of amides is 1. The normalized spacial score (nSPS) is 10.9. The van der Waals surface area contributed by atoms with Gasteiger partial charge in [0.25, 0.3) is 0 Å². The van der Waals surface area contributed by atoms with E-state index in [-0.39, 0.29) is 18.9 Å². The largest absolute Gasteiger partial charge is 0.460 e. The van der Waals surface area contributed by atoms with Gasteiger partial charge in [0.15, 0.2) is 0 Å². The Morgan fingerprint density at radius 2 is 2.00 bits per heavy atom. The molecule has 0 unspecified atom stereocenters. The summed E-state index contributed by atoms with van der Waals surface area (Å²) in [4.78, 5) is 22.7. The Labute approximate surface area is 119 Å². The van der Waals surface area contributed by atoms with Gasteiger partial charge in [-0.25, -0.2) is 4.79 Å². The first-order valence-electron chi connectivity index (χ1n) is 6.52. The fourth-order valence-corrected chi connectivity index (χ4v) is 1.52. The Balaban J connectivity index is 3.62. The summed E-state index contributed by atoms with van der Waals surface area (Å²) < 4.78 is 10.2. The van der Waals surface area contributed by atoms with Crippen LogP contribution < -0.4 is 5.32 Å². The van der Waals surface area contributed by atoms with E-state index >= 15 is 0 Å². The Hall–Kier alpha value is -0.910. The van der Waals surface area contributed by atoms with Crippen LogP contribution in [-0.2, 0) is 14.3 Å². The minimum absolute atomic E-state index is 0.156. The van der Waals surface area contributed by atoms with E-state index < -0.39 is 11.7 Å². The van der Waals surface area contributed by atoms with E-state index in [1.54, 1.807) is 11.8 Å². The van der Waals surface area contributed by atoms with Crippen LogP contribution in [0.2, 0.25) is 0 Å². The molecule has 0 saturated carbocycles. The highest BCUT2D eigenvalue weighted by atomic mass is 32.2. The van der Waals surface area contributed by atoms with E-state index in [4.69, 9.17) is 9.47 Å². The molecule has 0 bridgehead atoms. The van der Waals surface area contributed by atoms with Crippen molar-refractivity contribution in [2.45, 2.75) is 45.6 Å². The van der Waals surface area contributed by atoms with Gasteiger partial charge in [0.1, 0.15) is 5.60 Å². The minimum atomic E-state index is -0.483. The van der Waals surface area contributed by atoms with Gasteiger partial charge in [-0.1, -0.05) is 6.92 Å². The summed E-state index contributed by atoms with van der Waals surface area (Å²) in [5.41, 5.74) is -0.449. The molecule has 0 aromatic rings. The molecule has 0 aliphatic heterocycles. The van der Waals surface area contributed by atoms with E-state index in [9.17, 15) is 9.59 Å². The third-order valence-electron chi connectivity index (χ3n) is 2.57. The van der Waals surface area contributed by atoms with Gasteiger partial charge in [-0.2, -0.15) is 11.8 Å². The summed E-state index contributed by atoms with van der Waals surface area (Å²) in [6, 6.07) is 0. The maximum atomic E-state index is 11.5. The Morgan fingerprint density at radius 3 is 2.58 bits per heavy atom. The first-order chi connectivity index (χ1) is 8.91. The Bertz CT molecular complexity index is 282. The molecule has 1 amide bonds. The van der Waals surface area contributed by atoms with Crippen LogP contribution in [0.3, 0.4) is 0 Å². The molecule has 0 saturated heterocycles. The number of nitrogens with one attached hydrogen (secondary N) is 1. The number of hydrogen-bond acceptors (Lipinski definition) is 5. The van der Waals surface area contributed by atoms with Crippen LogP contribution in [0.5, 0.6) is 0 Å². The molecular formula is C13H25NO4S. The van der Waals surface area contributed by atoms with Crippen molar-refractivity contribution in [1.82, 2.24) is 5.32 Å². The summed E-state index contributed by atoms with van der Waals surface area (Å²) in [5, 5.41) is 2.53. The van der Waals surface area contributed by atoms with E-state index in [0.717, 1.165) is 18.6 Å². The average molecular weight is 291 g/mol. The van der Waals surface area contributed by atoms with Crippen LogP contribution in [0.4, 0.5) is 4.79 Å². The highest BCUT2D eigenvalue weighted by Crippen LogP contribution is 2.14. The maximum absolute atomic E-state index is 11.5. The van der Waals surface area contributed by atoms with Crippen LogP contribution in [0, 0.1) is 0 Å². The second kappa shape index (κ2) is 9.95. The molecule has 0 aromatic carbocycles. The monoisotopic (exact) mass is 291 g/mol. The fourth-order valence-electron chi connectivity index (χ4n) is 1.12. The maximum Gasteiger partial charge on any atom is 0.407 e. The first kappa shape index (κ1) is 18.1. The smallest absolute Gasteiger partial charge is 0.407 e. The Kier molecular flexibility index (Phi) is 9.47. The van der Waals surface area contributed by atoms with Gasteiger partial charge < -0.3 is 14.8 Å². The molecule has 0 spiro atoms. The molecule has 5 nitrogen and oxygen atoms in total. The van der Waals surface area contributed by atoms with Crippen molar-refractivity contribution in [3.63, 3.8) is 0 Å². The molecule has 0 aliphatic rings. The predicted molar refractivity (Wildman–Crippen MR) is 77.4 cm³/mol. The molecule has 0 radical (unpaired) electrons. The van der Waals surface area contributed by atoms with Crippen molar-refractivity contribution in [3.8, 4) is 0 Å². The molecule has 0 fully saturated rings. The van der Waals surface area contributed by atoms with Crippen LogP contribution in [0.25, 0.3) is 0 Å². The lowest BCUT2D eigenvalue weighted by Crippen LogP contribution is -2.31. The minimum Gasteiger partial charge on any atom is -0.460 e. The highest BCUT2D eigenvalue weighted by Gasteiger charge is 2.20. The third-order valence-corrected chi connectivity index (χ3v) is 3.26. The van der Waals surface area contributed by atoms with Crippen molar-refractivity contribution in [2.24, 2.45) is 0 Å². The molecule has 0 heterocycles. The molecule has 0 aromatic heterocycles. The van der Waals surface area contributed by atoms with Crippen LogP contribution in [0.15, 0.2) is 0 Å². The van der Waals surface area contributed by atoms with Crippen LogP contribution in [0.1, 0.15) is 40.0 Å². The number of thioether (sulfide) groups is 1. The molecule has 19 heavy (non-hydrogen) atoms. The highest BCUT2D eigenvalue weighted by molar-refractivity contribution is 7.98. The lowest BCUT2D eigenvalue weighted by Gasteiger charge is -2.23.